The molecule has 2 rings (SSSR count). The smallest absolute Gasteiger partial charge is 0.354 e. The highest BCUT2D eigenvalue weighted by molar-refractivity contribution is 6.31. The summed E-state index contributed by atoms with van der Waals surface area (Å²) < 4.78 is 9.36. The summed E-state index contributed by atoms with van der Waals surface area (Å²) >= 11 is 5.93. The van der Waals surface area contributed by atoms with Gasteiger partial charge in [-0.15, -0.1) is 0 Å². The summed E-state index contributed by atoms with van der Waals surface area (Å²) in [6.07, 6.45) is 2.99. The zero-order valence-electron chi connectivity index (χ0n) is 10.9. The topological polar surface area (TPSA) is 64.6 Å². The van der Waals surface area contributed by atoms with E-state index >= 15 is 0 Å². The number of carbonyl (C=O) groups is 2. The molecule has 20 heavy (non-hydrogen) atoms. The monoisotopic (exact) mass is 293 g/mol. The summed E-state index contributed by atoms with van der Waals surface area (Å²) in [6.45, 7) is 0. The fourth-order valence-electron chi connectivity index (χ4n) is 1.76. The Labute approximate surface area is 120 Å². The normalized spacial score (nSPS) is 13.2. The van der Waals surface area contributed by atoms with Crippen molar-refractivity contribution >= 4 is 35.3 Å². The number of rotatable bonds is 2. The van der Waals surface area contributed by atoms with E-state index in [0.29, 0.717) is 16.3 Å². The zero-order valence-corrected chi connectivity index (χ0v) is 11.7. The molecule has 0 saturated carbocycles. The van der Waals surface area contributed by atoms with Gasteiger partial charge < -0.3 is 14.8 Å². The van der Waals surface area contributed by atoms with Crippen LogP contribution in [-0.4, -0.2) is 26.2 Å². The molecule has 0 spiro atoms. The van der Waals surface area contributed by atoms with Gasteiger partial charge in [-0.05, 0) is 29.8 Å². The van der Waals surface area contributed by atoms with E-state index in [9.17, 15) is 9.59 Å². The third kappa shape index (κ3) is 2.83. The van der Waals surface area contributed by atoms with Crippen LogP contribution in [0.3, 0.4) is 0 Å². The molecule has 1 N–H and O–H groups in total. The Morgan fingerprint density at radius 3 is 2.45 bits per heavy atom. The molecule has 0 fully saturated rings. The van der Waals surface area contributed by atoms with Crippen molar-refractivity contribution in [3.63, 3.8) is 0 Å². The van der Waals surface area contributed by atoms with Crippen molar-refractivity contribution in [1.82, 2.24) is 0 Å². The number of nitrogens with one attached hydrogen (secondary N) is 1. The molecule has 0 amide bonds. The van der Waals surface area contributed by atoms with Gasteiger partial charge in [0.25, 0.3) is 0 Å². The van der Waals surface area contributed by atoms with Gasteiger partial charge in [-0.2, -0.15) is 0 Å². The Morgan fingerprint density at radius 2 is 1.80 bits per heavy atom. The Kier molecular flexibility index (Phi) is 4.10. The van der Waals surface area contributed by atoms with Gasteiger partial charge in [0.2, 0.25) is 0 Å². The lowest BCUT2D eigenvalue weighted by molar-refractivity contribution is -0.136. The van der Waals surface area contributed by atoms with Crippen LogP contribution in [0.5, 0.6) is 0 Å². The Hall–Kier alpha value is -2.27. The lowest BCUT2D eigenvalue weighted by atomic mass is 10.1. The number of fused-ring (bicyclic) bond motifs is 1. The second-order valence-electron chi connectivity index (χ2n) is 4.00. The minimum atomic E-state index is -0.590. The van der Waals surface area contributed by atoms with Crippen LogP contribution in [0.15, 0.2) is 35.5 Å². The lowest BCUT2D eigenvalue weighted by Gasteiger charge is -2.09. The number of benzene rings is 1. The van der Waals surface area contributed by atoms with E-state index in [-0.39, 0.29) is 11.3 Å². The molecule has 0 saturated heterocycles. The zero-order chi connectivity index (χ0) is 14.7. The Balaban J connectivity index is 2.56. The first-order chi connectivity index (χ1) is 9.55. The molecular weight excluding hydrogens is 282 g/mol. The van der Waals surface area contributed by atoms with Crippen LogP contribution >= 0.6 is 11.6 Å². The molecule has 5 nitrogen and oxygen atoms in total. The van der Waals surface area contributed by atoms with Crippen molar-refractivity contribution in [2.24, 2.45) is 0 Å². The summed E-state index contributed by atoms with van der Waals surface area (Å²) in [5, 5.41) is 3.41. The molecule has 6 heteroatoms. The minimum absolute atomic E-state index is 0.130. The van der Waals surface area contributed by atoms with Crippen LogP contribution in [0.4, 0.5) is 5.69 Å². The Bertz CT molecular complexity index is 634. The molecule has 104 valence electrons. The van der Waals surface area contributed by atoms with Gasteiger partial charge in [0.1, 0.15) is 5.70 Å². The van der Waals surface area contributed by atoms with Crippen molar-refractivity contribution < 1.29 is 19.1 Å². The van der Waals surface area contributed by atoms with E-state index in [1.807, 2.05) is 0 Å². The number of methoxy groups -OCH3 is 2. The van der Waals surface area contributed by atoms with E-state index in [2.05, 4.69) is 14.8 Å². The second kappa shape index (κ2) is 5.79. The molecule has 0 radical (unpaired) electrons. The maximum Gasteiger partial charge on any atom is 0.354 e. The SMILES string of the molecule is COC(=O)C1=Cc2ccc(Cl)cc2NC(C(=O)OC)=C1. The molecule has 1 aliphatic heterocycles. The van der Waals surface area contributed by atoms with Crippen LogP contribution in [0, 0.1) is 0 Å². The number of halogens is 1. The van der Waals surface area contributed by atoms with E-state index in [1.165, 1.54) is 20.3 Å². The first-order valence-corrected chi connectivity index (χ1v) is 6.09. The molecule has 1 aliphatic rings. The molecule has 0 aromatic heterocycles. The summed E-state index contributed by atoms with van der Waals surface area (Å²) in [4.78, 5) is 23.4. The molecule has 0 bridgehead atoms. The van der Waals surface area contributed by atoms with Gasteiger partial charge in [0, 0.05) is 10.7 Å². The van der Waals surface area contributed by atoms with Crippen molar-refractivity contribution in [2.75, 3.05) is 19.5 Å². The van der Waals surface area contributed by atoms with Crippen LogP contribution in [0.1, 0.15) is 5.56 Å². The van der Waals surface area contributed by atoms with E-state index in [4.69, 9.17) is 11.6 Å². The molecule has 1 heterocycles. The third-order valence-electron chi connectivity index (χ3n) is 2.72. The highest BCUT2D eigenvalue weighted by Gasteiger charge is 2.19. The third-order valence-corrected chi connectivity index (χ3v) is 2.96. The van der Waals surface area contributed by atoms with Gasteiger partial charge in [0.05, 0.1) is 19.8 Å². The molecule has 1 aromatic rings. The van der Waals surface area contributed by atoms with Gasteiger partial charge in [-0.1, -0.05) is 17.7 Å². The predicted octanol–water partition coefficient (Wildman–Crippen LogP) is 2.38. The van der Waals surface area contributed by atoms with E-state index < -0.39 is 11.9 Å². The number of esters is 2. The standard InChI is InChI=1S/C14H12ClNO4/c1-19-13(17)9-5-8-3-4-10(15)7-11(8)16-12(6-9)14(18)20-2/h3-7,16H,1-2H3. The lowest BCUT2D eigenvalue weighted by Crippen LogP contribution is -2.14. The fraction of sp³-hybridized carbons (Fsp3) is 0.143. The number of hydrogen-bond donors (Lipinski definition) is 1. The number of hydrogen-bond acceptors (Lipinski definition) is 5. The average Bonchev–Trinajstić information content (AvgIpc) is 2.64. The molecule has 0 unspecified atom stereocenters. The maximum absolute atomic E-state index is 11.7. The highest BCUT2D eigenvalue weighted by atomic mass is 35.5. The number of carbonyl (C=O) groups excluding carboxylic acids is 2. The minimum Gasteiger partial charge on any atom is -0.465 e. The van der Waals surface area contributed by atoms with Crippen molar-refractivity contribution in [3.8, 4) is 0 Å². The van der Waals surface area contributed by atoms with Crippen LogP contribution < -0.4 is 5.32 Å². The van der Waals surface area contributed by atoms with Gasteiger partial charge >= 0.3 is 11.9 Å². The largest absolute Gasteiger partial charge is 0.465 e. The summed E-state index contributed by atoms with van der Waals surface area (Å²) in [6, 6.07) is 5.09. The molecule has 1 aromatic carbocycles. The first kappa shape index (κ1) is 14.1. The van der Waals surface area contributed by atoms with Gasteiger partial charge in [-0.25, -0.2) is 9.59 Å². The van der Waals surface area contributed by atoms with Crippen molar-refractivity contribution in [1.29, 1.82) is 0 Å². The van der Waals surface area contributed by atoms with Crippen LogP contribution in [0.2, 0.25) is 5.02 Å². The highest BCUT2D eigenvalue weighted by Crippen LogP contribution is 2.28. The van der Waals surface area contributed by atoms with E-state index in [1.54, 1.807) is 24.3 Å². The summed E-state index contributed by atoms with van der Waals surface area (Å²) in [5.41, 5.74) is 1.68. The number of anilines is 1. The van der Waals surface area contributed by atoms with E-state index in [0.717, 1.165) is 0 Å². The average molecular weight is 294 g/mol. The summed E-state index contributed by atoms with van der Waals surface area (Å²) in [5.74, 6) is -1.14. The fourth-order valence-corrected chi connectivity index (χ4v) is 1.94. The van der Waals surface area contributed by atoms with Crippen molar-refractivity contribution in [2.45, 2.75) is 0 Å². The first-order valence-electron chi connectivity index (χ1n) is 5.71. The predicted molar refractivity (Wildman–Crippen MR) is 75.2 cm³/mol. The quantitative estimate of drug-likeness (QED) is 0.848. The van der Waals surface area contributed by atoms with Crippen molar-refractivity contribution in [3.05, 3.63) is 46.1 Å². The van der Waals surface area contributed by atoms with Crippen LogP contribution in [0.25, 0.3) is 6.08 Å². The van der Waals surface area contributed by atoms with Gasteiger partial charge in [0.15, 0.2) is 0 Å². The maximum atomic E-state index is 11.7. The molecule has 0 aliphatic carbocycles. The number of ether oxygens (including phenoxy) is 2. The summed E-state index contributed by atoms with van der Waals surface area (Å²) in [7, 11) is 2.53. The molecule has 0 atom stereocenters. The van der Waals surface area contributed by atoms with Gasteiger partial charge in [-0.3, -0.25) is 0 Å². The van der Waals surface area contributed by atoms with Crippen LogP contribution in [-0.2, 0) is 19.1 Å². The Morgan fingerprint density at radius 1 is 1.10 bits per heavy atom. The molecular formula is C14H12ClNO4. The second-order valence-corrected chi connectivity index (χ2v) is 4.43.